The second-order valence-electron chi connectivity index (χ2n) is 6.36. The monoisotopic (exact) mass is 358 g/mol. The van der Waals surface area contributed by atoms with Crippen molar-refractivity contribution in [1.82, 2.24) is 0 Å². The van der Waals surface area contributed by atoms with Gasteiger partial charge in [-0.15, -0.1) is 0 Å². The van der Waals surface area contributed by atoms with Crippen molar-refractivity contribution < 1.29 is 23.2 Å². The molecule has 0 unspecified atom stereocenters. The molecule has 0 fully saturated rings. The van der Waals surface area contributed by atoms with Crippen molar-refractivity contribution in [2.24, 2.45) is 0 Å². The van der Waals surface area contributed by atoms with E-state index in [1.807, 2.05) is 0 Å². The van der Waals surface area contributed by atoms with Crippen molar-refractivity contribution in [3.05, 3.63) is 17.7 Å². The zero-order chi connectivity index (χ0) is 18.0. The maximum Gasteiger partial charge on any atom is 0.298 e. The van der Waals surface area contributed by atoms with Gasteiger partial charge in [-0.25, -0.2) is 0 Å². The second kappa shape index (κ2) is 10.6. The Bertz CT molecular complexity index is 596. The SMILES string of the molecule is CCCCCCCCCCCCc1cc(O)c(S(=O)(=O)O)cc1O. The van der Waals surface area contributed by atoms with Crippen LogP contribution in [0.1, 0.15) is 76.7 Å². The van der Waals surface area contributed by atoms with Crippen LogP contribution in [0.2, 0.25) is 0 Å². The maximum absolute atomic E-state index is 11.0. The number of phenols is 2. The van der Waals surface area contributed by atoms with Gasteiger partial charge in [0.2, 0.25) is 0 Å². The zero-order valence-corrected chi connectivity index (χ0v) is 15.3. The van der Waals surface area contributed by atoms with Crippen LogP contribution in [0.3, 0.4) is 0 Å². The minimum Gasteiger partial charge on any atom is -0.508 e. The van der Waals surface area contributed by atoms with Crippen LogP contribution in [0.4, 0.5) is 0 Å². The summed E-state index contributed by atoms with van der Waals surface area (Å²) in [5, 5.41) is 19.5. The second-order valence-corrected chi connectivity index (χ2v) is 7.75. The quantitative estimate of drug-likeness (QED) is 0.283. The molecule has 5 nitrogen and oxygen atoms in total. The molecule has 0 aliphatic carbocycles. The number of aryl methyl sites for hydroxylation is 1. The minimum absolute atomic E-state index is 0.212. The predicted molar refractivity (Wildman–Crippen MR) is 95.1 cm³/mol. The molecule has 0 spiro atoms. The Kier molecular flexibility index (Phi) is 9.14. The molecule has 0 saturated heterocycles. The molecule has 138 valence electrons. The van der Waals surface area contributed by atoms with E-state index in [0.717, 1.165) is 25.3 Å². The van der Waals surface area contributed by atoms with Crippen LogP contribution in [0.5, 0.6) is 11.5 Å². The van der Waals surface area contributed by atoms with Gasteiger partial charge < -0.3 is 10.2 Å². The topological polar surface area (TPSA) is 94.8 Å². The lowest BCUT2D eigenvalue weighted by Gasteiger charge is -2.08. The summed E-state index contributed by atoms with van der Waals surface area (Å²) in [5.74, 6) is -0.742. The smallest absolute Gasteiger partial charge is 0.298 e. The van der Waals surface area contributed by atoms with Gasteiger partial charge in [0.05, 0.1) is 0 Å². The van der Waals surface area contributed by atoms with Gasteiger partial charge in [0.25, 0.3) is 10.1 Å². The van der Waals surface area contributed by atoms with Crippen LogP contribution < -0.4 is 0 Å². The number of phenolic OH excluding ortho intramolecular Hbond substituents is 2. The van der Waals surface area contributed by atoms with E-state index in [1.165, 1.54) is 51.0 Å². The molecule has 24 heavy (non-hydrogen) atoms. The lowest BCUT2D eigenvalue weighted by Crippen LogP contribution is -1.99. The molecule has 0 aromatic heterocycles. The fourth-order valence-corrected chi connectivity index (χ4v) is 3.39. The van der Waals surface area contributed by atoms with Crippen molar-refractivity contribution in [3.8, 4) is 11.5 Å². The Balaban J connectivity index is 2.28. The molecule has 1 aromatic rings. The maximum atomic E-state index is 11.0. The highest BCUT2D eigenvalue weighted by molar-refractivity contribution is 7.86. The molecule has 0 heterocycles. The van der Waals surface area contributed by atoms with E-state index in [1.54, 1.807) is 0 Å². The molecule has 1 rings (SSSR count). The van der Waals surface area contributed by atoms with Gasteiger partial charge in [-0.3, -0.25) is 4.55 Å². The number of rotatable bonds is 12. The number of benzene rings is 1. The molecule has 3 N–H and O–H groups in total. The van der Waals surface area contributed by atoms with E-state index in [9.17, 15) is 18.6 Å². The first-order chi connectivity index (χ1) is 11.4. The van der Waals surface area contributed by atoms with Crippen LogP contribution in [-0.2, 0) is 16.5 Å². The highest BCUT2D eigenvalue weighted by atomic mass is 32.2. The molecule has 6 heteroatoms. The standard InChI is InChI=1S/C18H30O5S/c1-2-3-4-5-6-7-8-9-10-11-12-15-13-17(20)18(14-16(15)19)24(21,22)23/h13-14,19-20H,2-12H2,1H3,(H,21,22,23). The molecular weight excluding hydrogens is 328 g/mol. The number of aromatic hydroxyl groups is 2. The molecule has 1 aromatic carbocycles. The first-order valence-electron chi connectivity index (χ1n) is 8.88. The van der Waals surface area contributed by atoms with E-state index < -0.39 is 20.8 Å². The summed E-state index contributed by atoms with van der Waals surface area (Å²) in [4.78, 5) is -0.660. The molecule has 0 aliphatic rings. The minimum atomic E-state index is -4.53. The van der Waals surface area contributed by atoms with Gasteiger partial charge >= 0.3 is 0 Å². The van der Waals surface area contributed by atoms with Crippen LogP contribution >= 0.6 is 0 Å². The fourth-order valence-electron chi connectivity index (χ4n) is 2.81. The number of unbranched alkanes of at least 4 members (excludes halogenated alkanes) is 9. The van der Waals surface area contributed by atoms with Gasteiger partial charge in [0.1, 0.15) is 16.4 Å². The summed E-state index contributed by atoms with van der Waals surface area (Å²) in [6.07, 6.45) is 12.6. The molecule has 0 atom stereocenters. The normalized spacial score (nSPS) is 11.8. The first kappa shape index (κ1) is 20.8. The van der Waals surface area contributed by atoms with Gasteiger partial charge in [0, 0.05) is 6.07 Å². The van der Waals surface area contributed by atoms with Gasteiger partial charge in [0.15, 0.2) is 0 Å². The van der Waals surface area contributed by atoms with Crippen molar-refractivity contribution >= 4 is 10.1 Å². The third-order valence-electron chi connectivity index (χ3n) is 4.24. The van der Waals surface area contributed by atoms with Gasteiger partial charge in [-0.2, -0.15) is 8.42 Å². The highest BCUT2D eigenvalue weighted by Crippen LogP contribution is 2.31. The summed E-state index contributed by atoms with van der Waals surface area (Å²) in [7, 11) is -4.53. The van der Waals surface area contributed by atoms with Crippen LogP contribution in [0.15, 0.2) is 17.0 Å². The van der Waals surface area contributed by atoms with Crippen molar-refractivity contribution in [3.63, 3.8) is 0 Å². The Morgan fingerprint density at radius 3 is 1.79 bits per heavy atom. The van der Waals surface area contributed by atoms with E-state index in [-0.39, 0.29) is 5.75 Å². The molecule has 0 amide bonds. The number of hydrogen-bond acceptors (Lipinski definition) is 4. The number of hydrogen-bond donors (Lipinski definition) is 3. The molecule has 0 bridgehead atoms. The van der Waals surface area contributed by atoms with Crippen molar-refractivity contribution in [1.29, 1.82) is 0 Å². The van der Waals surface area contributed by atoms with Crippen LogP contribution in [0.25, 0.3) is 0 Å². The summed E-state index contributed by atoms with van der Waals surface area (Å²) in [5.41, 5.74) is 0.500. The average molecular weight is 359 g/mol. The van der Waals surface area contributed by atoms with E-state index in [2.05, 4.69) is 6.92 Å². The van der Waals surface area contributed by atoms with Crippen molar-refractivity contribution in [2.45, 2.75) is 82.4 Å². The zero-order valence-electron chi connectivity index (χ0n) is 14.5. The van der Waals surface area contributed by atoms with Crippen LogP contribution in [-0.4, -0.2) is 23.2 Å². The highest BCUT2D eigenvalue weighted by Gasteiger charge is 2.18. The lowest BCUT2D eigenvalue weighted by atomic mass is 10.0. The lowest BCUT2D eigenvalue weighted by molar-refractivity contribution is 0.429. The van der Waals surface area contributed by atoms with E-state index >= 15 is 0 Å². The third kappa shape index (κ3) is 7.53. The summed E-state index contributed by atoms with van der Waals surface area (Å²) in [6, 6.07) is 2.11. The molecule has 0 aliphatic heterocycles. The Morgan fingerprint density at radius 1 is 0.792 bits per heavy atom. The Morgan fingerprint density at radius 2 is 1.29 bits per heavy atom. The Labute approximate surface area is 145 Å². The summed E-state index contributed by atoms with van der Waals surface area (Å²) < 4.78 is 31.0. The molecular formula is C18H30O5S. The van der Waals surface area contributed by atoms with Gasteiger partial charge in [-0.1, -0.05) is 64.7 Å². The van der Waals surface area contributed by atoms with E-state index in [4.69, 9.17) is 4.55 Å². The average Bonchev–Trinajstić information content (AvgIpc) is 2.51. The molecule has 0 radical (unpaired) electrons. The molecule has 0 saturated carbocycles. The third-order valence-corrected chi connectivity index (χ3v) is 5.12. The van der Waals surface area contributed by atoms with Crippen LogP contribution in [0, 0.1) is 0 Å². The van der Waals surface area contributed by atoms with Crippen molar-refractivity contribution in [2.75, 3.05) is 0 Å². The van der Waals surface area contributed by atoms with Gasteiger partial charge in [-0.05, 0) is 24.5 Å². The largest absolute Gasteiger partial charge is 0.508 e. The summed E-state index contributed by atoms with van der Waals surface area (Å²) in [6.45, 7) is 2.22. The van der Waals surface area contributed by atoms with E-state index in [0.29, 0.717) is 12.0 Å². The first-order valence-corrected chi connectivity index (χ1v) is 10.3. The predicted octanol–water partition coefficient (Wildman–Crippen LogP) is 4.81. The fraction of sp³-hybridized carbons (Fsp3) is 0.667. The summed E-state index contributed by atoms with van der Waals surface area (Å²) >= 11 is 0. The Hall–Kier alpha value is -1.27.